The van der Waals surface area contributed by atoms with E-state index in [0.29, 0.717) is 34.3 Å². The Hall–Kier alpha value is -4.27. The number of amides is 2. The van der Waals surface area contributed by atoms with Gasteiger partial charge in [-0.3, -0.25) is 14.6 Å². The van der Waals surface area contributed by atoms with Crippen LogP contribution in [0.25, 0.3) is 5.65 Å². The quantitative estimate of drug-likeness (QED) is 0.499. The smallest absolute Gasteiger partial charge is 0.255 e. The van der Waals surface area contributed by atoms with Crippen LogP contribution in [0.4, 0.5) is 11.5 Å². The first-order valence-corrected chi connectivity index (χ1v) is 9.81. The van der Waals surface area contributed by atoms with Crippen molar-refractivity contribution >= 4 is 29.0 Å². The van der Waals surface area contributed by atoms with E-state index in [4.69, 9.17) is 4.74 Å². The molecule has 154 valence electrons. The van der Waals surface area contributed by atoms with Gasteiger partial charge in [-0.1, -0.05) is 6.07 Å². The molecule has 0 aliphatic heterocycles. The Labute approximate surface area is 177 Å². The highest BCUT2D eigenvalue weighted by Gasteiger charge is 2.30. The van der Waals surface area contributed by atoms with E-state index in [2.05, 4.69) is 25.7 Å². The van der Waals surface area contributed by atoms with Crippen LogP contribution in [0.1, 0.15) is 23.2 Å². The van der Waals surface area contributed by atoms with Gasteiger partial charge in [0.2, 0.25) is 11.8 Å². The van der Waals surface area contributed by atoms with E-state index < -0.39 is 0 Å². The van der Waals surface area contributed by atoms with Gasteiger partial charge in [0.05, 0.1) is 6.20 Å². The van der Waals surface area contributed by atoms with Gasteiger partial charge >= 0.3 is 0 Å². The SMILES string of the molecule is O=C(Nc1cccc(Oc2ccc3nc(NC(=O)C4CC4)cn3n2)c1)c1ccncc1. The standard InChI is InChI=1S/C22H18N6O3/c29-21(15-8-10-23-11-9-15)24-16-2-1-3-17(12-16)31-20-7-6-19-25-18(13-28(19)27-20)26-22(30)14-4-5-14/h1-3,6-14H,4-5H2,(H,24,29)(H,26,30). The predicted molar refractivity (Wildman–Crippen MR) is 113 cm³/mol. The second-order valence-electron chi connectivity index (χ2n) is 7.18. The van der Waals surface area contributed by atoms with Gasteiger partial charge in [0.15, 0.2) is 11.5 Å². The second-order valence-corrected chi connectivity index (χ2v) is 7.18. The zero-order valence-electron chi connectivity index (χ0n) is 16.4. The lowest BCUT2D eigenvalue weighted by Gasteiger charge is -2.08. The topological polar surface area (TPSA) is 111 Å². The third-order valence-electron chi connectivity index (χ3n) is 4.75. The number of ether oxygens (including phenoxy) is 1. The monoisotopic (exact) mass is 414 g/mol. The van der Waals surface area contributed by atoms with Gasteiger partial charge in [-0.25, -0.2) is 9.50 Å². The van der Waals surface area contributed by atoms with Crippen molar-refractivity contribution < 1.29 is 14.3 Å². The number of anilines is 2. The molecule has 0 bridgehead atoms. The summed E-state index contributed by atoms with van der Waals surface area (Å²) in [5, 5.41) is 10.0. The normalized spacial score (nSPS) is 13.0. The van der Waals surface area contributed by atoms with E-state index in [-0.39, 0.29) is 17.7 Å². The van der Waals surface area contributed by atoms with Crippen molar-refractivity contribution in [2.24, 2.45) is 5.92 Å². The summed E-state index contributed by atoms with van der Waals surface area (Å²) in [6.07, 6.45) is 6.63. The number of nitrogens with one attached hydrogen (secondary N) is 2. The van der Waals surface area contributed by atoms with E-state index in [1.165, 1.54) is 0 Å². The minimum atomic E-state index is -0.238. The van der Waals surface area contributed by atoms with Crippen LogP contribution in [0.2, 0.25) is 0 Å². The fourth-order valence-electron chi connectivity index (χ4n) is 3.02. The maximum absolute atomic E-state index is 12.3. The molecule has 0 spiro atoms. The number of benzene rings is 1. The van der Waals surface area contributed by atoms with Crippen LogP contribution >= 0.6 is 0 Å². The van der Waals surface area contributed by atoms with Crippen molar-refractivity contribution in [1.29, 1.82) is 0 Å². The molecule has 1 aromatic carbocycles. The minimum absolute atomic E-state index is 0.00879. The van der Waals surface area contributed by atoms with Crippen molar-refractivity contribution in [1.82, 2.24) is 19.6 Å². The molecule has 3 aromatic heterocycles. The minimum Gasteiger partial charge on any atom is -0.438 e. The summed E-state index contributed by atoms with van der Waals surface area (Å²) in [6, 6.07) is 13.7. The van der Waals surface area contributed by atoms with E-state index >= 15 is 0 Å². The van der Waals surface area contributed by atoms with Gasteiger partial charge in [0, 0.05) is 41.7 Å². The van der Waals surface area contributed by atoms with Crippen LogP contribution in [0, 0.1) is 5.92 Å². The van der Waals surface area contributed by atoms with E-state index in [9.17, 15) is 9.59 Å². The third-order valence-corrected chi connectivity index (χ3v) is 4.75. The number of fused-ring (bicyclic) bond motifs is 1. The first kappa shape index (κ1) is 18.7. The molecule has 3 heterocycles. The Morgan fingerprint density at radius 1 is 1.03 bits per heavy atom. The molecule has 4 aromatic rings. The Balaban J connectivity index is 1.29. The van der Waals surface area contributed by atoms with Crippen molar-refractivity contribution in [3.05, 3.63) is 72.7 Å². The number of pyridine rings is 1. The molecule has 1 aliphatic rings. The first-order valence-electron chi connectivity index (χ1n) is 9.81. The van der Waals surface area contributed by atoms with Crippen LogP contribution in [0.3, 0.4) is 0 Å². The van der Waals surface area contributed by atoms with Crippen molar-refractivity contribution in [2.75, 3.05) is 10.6 Å². The Morgan fingerprint density at radius 2 is 1.87 bits per heavy atom. The second kappa shape index (κ2) is 7.86. The van der Waals surface area contributed by atoms with Gasteiger partial charge in [-0.05, 0) is 43.2 Å². The van der Waals surface area contributed by atoms with Crippen LogP contribution in [-0.4, -0.2) is 31.4 Å². The lowest BCUT2D eigenvalue weighted by molar-refractivity contribution is -0.117. The molecule has 9 heteroatoms. The largest absolute Gasteiger partial charge is 0.438 e. The fraction of sp³-hybridized carbons (Fsp3) is 0.136. The summed E-state index contributed by atoms with van der Waals surface area (Å²) >= 11 is 0. The van der Waals surface area contributed by atoms with Crippen LogP contribution < -0.4 is 15.4 Å². The molecule has 9 nitrogen and oxygen atoms in total. The predicted octanol–water partition coefficient (Wildman–Crippen LogP) is 3.52. The molecule has 2 amide bonds. The summed E-state index contributed by atoms with van der Waals surface area (Å²) in [4.78, 5) is 32.5. The summed E-state index contributed by atoms with van der Waals surface area (Å²) in [5.74, 6) is 1.18. The van der Waals surface area contributed by atoms with Gasteiger partial charge in [0.25, 0.3) is 5.91 Å². The highest BCUT2D eigenvalue weighted by Crippen LogP contribution is 2.30. The molecule has 0 atom stereocenters. The maximum Gasteiger partial charge on any atom is 0.255 e. The van der Waals surface area contributed by atoms with E-state index in [1.54, 1.807) is 71.6 Å². The first-order chi connectivity index (χ1) is 15.1. The fourth-order valence-corrected chi connectivity index (χ4v) is 3.02. The molecular formula is C22H18N6O3. The van der Waals surface area contributed by atoms with Gasteiger partial charge in [-0.2, -0.15) is 0 Å². The van der Waals surface area contributed by atoms with E-state index in [1.807, 2.05) is 0 Å². The molecule has 0 unspecified atom stereocenters. The number of nitrogens with zero attached hydrogens (tertiary/aromatic N) is 4. The molecule has 0 radical (unpaired) electrons. The lowest BCUT2D eigenvalue weighted by Crippen LogP contribution is -2.13. The van der Waals surface area contributed by atoms with Crippen molar-refractivity contribution in [3.8, 4) is 11.6 Å². The van der Waals surface area contributed by atoms with Crippen LogP contribution in [0.15, 0.2) is 67.1 Å². The highest BCUT2D eigenvalue weighted by molar-refractivity contribution is 6.04. The average molecular weight is 414 g/mol. The number of carbonyl (C=O) groups is 2. The highest BCUT2D eigenvalue weighted by atomic mass is 16.5. The molecule has 5 rings (SSSR count). The molecule has 1 aliphatic carbocycles. The molecule has 31 heavy (non-hydrogen) atoms. The zero-order valence-corrected chi connectivity index (χ0v) is 16.4. The molecule has 0 saturated heterocycles. The van der Waals surface area contributed by atoms with Gasteiger partial charge < -0.3 is 15.4 Å². The summed E-state index contributed by atoms with van der Waals surface area (Å²) < 4.78 is 7.39. The van der Waals surface area contributed by atoms with E-state index in [0.717, 1.165) is 12.8 Å². The Kier molecular flexibility index (Phi) is 4.75. The molecule has 2 N–H and O–H groups in total. The number of aromatic nitrogens is 4. The lowest BCUT2D eigenvalue weighted by atomic mass is 10.2. The molecular weight excluding hydrogens is 396 g/mol. The Morgan fingerprint density at radius 3 is 2.68 bits per heavy atom. The third kappa shape index (κ3) is 4.35. The number of imidazole rings is 1. The number of rotatable bonds is 6. The molecule has 1 saturated carbocycles. The van der Waals surface area contributed by atoms with Gasteiger partial charge in [-0.15, -0.1) is 5.10 Å². The zero-order chi connectivity index (χ0) is 21.2. The van der Waals surface area contributed by atoms with Crippen molar-refractivity contribution in [3.63, 3.8) is 0 Å². The maximum atomic E-state index is 12.3. The number of hydrogen-bond donors (Lipinski definition) is 2. The summed E-state index contributed by atoms with van der Waals surface area (Å²) in [5.41, 5.74) is 1.70. The van der Waals surface area contributed by atoms with Crippen molar-refractivity contribution in [2.45, 2.75) is 12.8 Å². The molecule has 1 fully saturated rings. The summed E-state index contributed by atoms with van der Waals surface area (Å²) in [7, 11) is 0. The van der Waals surface area contributed by atoms with Crippen LogP contribution in [0.5, 0.6) is 11.6 Å². The number of hydrogen-bond acceptors (Lipinski definition) is 6. The Bertz CT molecular complexity index is 1270. The summed E-state index contributed by atoms with van der Waals surface area (Å²) in [6.45, 7) is 0. The average Bonchev–Trinajstić information content (AvgIpc) is 3.55. The van der Waals surface area contributed by atoms with Gasteiger partial charge in [0.1, 0.15) is 5.75 Å². The number of carbonyl (C=O) groups excluding carboxylic acids is 2. The van der Waals surface area contributed by atoms with Crippen LogP contribution in [-0.2, 0) is 4.79 Å².